The molecule has 0 bridgehead atoms. The number of hydrogen-bond donors (Lipinski definition) is 0. The van der Waals surface area contributed by atoms with Crippen LogP contribution in [0.15, 0.2) is 66.2 Å². The Balaban J connectivity index is 2.15. The van der Waals surface area contributed by atoms with E-state index in [1.807, 2.05) is 37.3 Å². The Kier molecular flexibility index (Phi) is 4.89. The molecule has 0 aromatic heterocycles. The molecule has 1 aliphatic heterocycles. The fourth-order valence-corrected chi connectivity index (χ4v) is 2.94. The molecule has 0 radical (unpaired) electrons. The summed E-state index contributed by atoms with van der Waals surface area (Å²) in [6, 6.07) is 17.8. The van der Waals surface area contributed by atoms with E-state index in [2.05, 4.69) is 0 Å². The van der Waals surface area contributed by atoms with Crippen LogP contribution in [0, 0.1) is 0 Å². The summed E-state index contributed by atoms with van der Waals surface area (Å²) in [5.74, 6) is -1.74. The van der Waals surface area contributed by atoms with Gasteiger partial charge in [0.2, 0.25) is 0 Å². The van der Waals surface area contributed by atoms with Gasteiger partial charge in [0.15, 0.2) is 5.78 Å². The normalized spacial score (nSPS) is 14.4. The zero-order valence-corrected chi connectivity index (χ0v) is 14.1. The van der Waals surface area contributed by atoms with Gasteiger partial charge in [0.25, 0.3) is 11.7 Å². The second-order valence-electron chi connectivity index (χ2n) is 5.92. The molecule has 0 saturated carbocycles. The van der Waals surface area contributed by atoms with E-state index in [0.29, 0.717) is 23.4 Å². The van der Waals surface area contributed by atoms with E-state index >= 15 is 0 Å². The minimum absolute atomic E-state index is 0.0292. The highest BCUT2D eigenvalue weighted by Crippen LogP contribution is 2.32. The molecule has 0 atom stereocenters. The summed E-state index contributed by atoms with van der Waals surface area (Å²) in [5.41, 5.74) is 1.51. The minimum atomic E-state index is -0.719. The summed E-state index contributed by atoms with van der Waals surface area (Å²) in [5, 5.41) is 0. The second kappa shape index (κ2) is 7.26. The van der Waals surface area contributed by atoms with Crippen molar-refractivity contribution in [1.29, 1.82) is 0 Å². The smallest absolute Gasteiger partial charge is 0.299 e. The van der Waals surface area contributed by atoms with Gasteiger partial charge in [-0.3, -0.25) is 14.4 Å². The van der Waals surface area contributed by atoms with E-state index in [4.69, 9.17) is 0 Å². The number of rotatable bonds is 6. The third kappa shape index (κ3) is 3.15. The summed E-state index contributed by atoms with van der Waals surface area (Å²) in [7, 11) is 0. The van der Waals surface area contributed by atoms with E-state index < -0.39 is 17.5 Å². The van der Waals surface area contributed by atoms with E-state index in [1.54, 1.807) is 30.3 Å². The van der Waals surface area contributed by atoms with Gasteiger partial charge in [-0.25, -0.2) is 0 Å². The van der Waals surface area contributed by atoms with Crippen LogP contribution in [0.25, 0.3) is 5.70 Å². The van der Waals surface area contributed by atoms with Gasteiger partial charge < -0.3 is 4.90 Å². The maximum atomic E-state index is 12.9. The van der Waals surface area contributed by atoms with Crippen molar-refractivity contribution in [3.8, 4) is 0 Å². The predicted octanol–water partition coefficient (Wildman–Crippen LogP) is 3.49. The van der Waals surface area contributed by atoms with E-state index in [-0.39, 0.29) is 5.57 Å². The SMILES string of the molecule is CCCCN1C(=O)C(=O)C(C(=O)c2ccccc2)=C1c1ccccc1. The lowest BCUT2D eigenvalue weighted by molar-refractivity contribution is -0.138. The molecule has 2 aromatic rings. The van der Waals surface area contributed by atoms with Crippen molar-refractivity contribution in [2.45, 2.75) is 19.8 Å². The van der Waals surface area contributed by atoms with Gasteiger partial charge in [-0.15, -0.1) is 0 Å². The van der Waals surface area contributed by atoms with Gasteiger partial charge in [0.05, 0.1) is 5.70 Å². The lowest BCUT2D eigenvalue weighted by Gasteiger charge is -2.20. The Morgan fingerprint density at radius 2 is 1.52 bits per heavy atom. The highest BCUT2D eigenvalue weighted by atomic mass is 16.2. The van der Waals surface area contributed by atoms with Crippen molar-refractivity contribution < 1.29 is 14.4 Å². The monoisotopic (exact) mass is 333 g/mol. The van der Waals surface area contributed by atoms with Crippen LogP contribution < -0.4 is 0 Å². The van der Waals surface area contributed by atoms with Crippen LogP contribution in [-0.4, -0.2) is 28.9 Å². The molecular weight excluding hydrogens is 314 g/mol. The van der Waals surface area contributed by atoms with Crippen molar-refractivity contribution in [2.24, 2.45) is 0 Å². The van der Waals surface area contributed by atoms with Gasteiger partial charge in [-0.1, -0.05) is 74.0 Å². The molecule has 0 N–H and O–H groups in total. The number of benzene rings is 2. The van der Waals surface area contributed by atoms with Gasteiger partial charge in [-0.05, 0) is 12.0 Å². The van der Waals surface area contributed by atoms with Crippen LogP contribution >= 0.6 is 0 Å². The van der Waals surface area contributed by atoms with E-state index in [1.165, 1.54) is 4.90 Å². The summed E-state index contributed by atoms with van der Waals surface area (Å²) >= 11 is 0. The second-order valence-corrected chi connectivity index (χ2v) is 5.92. The summed E-state index contributed by atoms with van der Waals surface area (Å²) in [6.07, 6.45) is 1.66. The number of amides is 1. The van der Waals surface area contributed by atoms with Crippen LogP contribution in [0.4, 0.5) is 0 Å². The molecule has 0 aliphatic carbocycles. The molecule has 1 heterocycles. The molecule has 126 valence electrons. The topological polar surface area (TPSA) is 54.5 Å². The fourth-order valence-electron chi connectivity index (χ4n) is 2.94. The van der Waals surface area contributed by atoms with E-state index in [0.717, 1.165) is 12.8 Å². The van der Waals surface area contributed by atoms with Gasteiger partial charge in [0.1, 0.15) is 5.57 Å². The Labute approximate surface area is 146 Å². The molecule has 0 fully saturated rings. The van der Waals surface area contributed by atoms with Crippen LogP contribution in [0.5, 0.6) is 0 Å². The standard InChI is InChI=1S/C21H19NO3/c1-2-3-14-22-18(15-10-6-4-7-11-15)17(20(24)21(22)25)19(23)16-12-8-5-9-13-16/h4-13H,2-3,14H2,1H3. The number of unbranched alkanes of at least 4 members (excludes halogenated alkanes) is 1. The van der Waals surface area contributed by atoms with Crippen LogP contribution in [-0.2, 0) is 9.59 Å². The Hall–Kier alpha value is -3.01. The zero-order valence-electron chi connectivity index (χ0n) is 14.1. The maximum absolute atomic E-state index is 12.9. The molecule has 0 unspecified atom stereocenters. The summed E-state index contributed by atoms with van der Waals surface area (Å²) < 4.78 is 0. The largest absolute Gasteiger partial charge is 0.304 e. The molecule has 3 rings (SSSR count). The first-order valence-electron chi connectivity index (χ1n) is 8.40. The van der Waals surface area contributed by atoms with Crippen molar-refractivity contribution >= 4 is 23.2 Å². The molecule has 4 heteroatoms. The average Bonchev–Trinajstić information content (AvgIpc) is 2.91. The lowest BCUT2D eigenvalue weighted by Crippen LogP contribution is -2.29. The number of nitrogens with zero attached hydrogens (tertiary/aromatic N) is 1. The zero-order chi connectivity index (χ0) is 17.8. The number of hydrogen-bond acceptors (Lipinski definition) is 3. The number of ketones is 2. The highest BCUT2D eigenvalue weighted by Gasteiger charge is 2.42. The number of carbonyl (C=O) groups is 3. The first-order valence-corrected chi connectivity index (χ1v) is 8.40. The molecule has 25 heavy (non-hydrogen) atoms. The molecule has 0 spiro atoms. The molecular formula is C21H19NO3. The fraction of sp³-hybridized carbons (Fsp3) is 0.190. The van der Waals surface area contributed by atoms with Crippen LogP contribution in [0.2, 0.25) is 0 Å². The molecule has 1 aliphatic rings. The minimum Gasteiger partial charge on any atom is -0.304 e. The lowest BCUT2D eigenvalue weighted by atomic mass is 9.97. The first kappa shape index (κ1) is 16.8. The van der Waals surface area contributed by atoms with Crippen LogP contribution in [0.3, 0.4) is 0 Å². The van der Waals surface area contributed by atoms with Crippen molar-refractivity contribution in [1.82, 2.24) is 4.90 Å². The first-order chi connectivity index (χ1) is 12.1. The highest BCUT2D eigenvalue weighted by molar-refractivity contribution is 6.56. The molecule has 2 aromatic carbocycles. The Morgan fingerprint density at radius 3 is 2.12 bits per heavy atom. The quantitative estimate of drug-likeness (QED) is 0.462. The predicted molar refractivity (Wildman–Crippen MR) is 95.8 cm³/mol. The number of Topliss-reactive ketones (excluding diaryl/α,β-unsaturated/α-hetero) is 2. The summed E-state index contributed by atoms with van der Waals surface area (Å²) in [6.45, 7) is 2.45. The van der Waals surface area contributed by atoms with Crippen molar-refractivity contribution in [2.75, 3.05) is 6.54 Å². The van der Waals surface area contributed by atoms with Gasteiger partial charge in [-0.2, -0.15) is 0 Å². The van der Waals surface area contributed by atoms with E-state index in [9.17, 15) is 14.4 Å². The third-order valence-electron chi connectivity index (χ3n) is 4.22. The van der Waals surface area contributed by atoms with Gasteiger partial charge >= 0.3 is 0 Å². The molecule has 0 saturated heterocycles. The number of carbonyl (C=O) groups excluding carboxylic acids is 3. The molecule has 1 amide bonds. The maximum Gasteiger partial charge on any atom is 0.299 e. The van der Waals surface area contributed by atoms with Crippen molar-refractivity contribution in [3.05, 3.63) is 77.4 Å². The Bertz CT molecular complexity index is 838. The Morgan fingerprint density at radius 1 is 0.920 bits per heavy atom. The van der Waals surface area contributed by atoms with Gasteiger partial charge in [0, 0.05) is 12.1 Å². The average molecular weight is 333 g/mol. The summed E-state index contributed by atoms with van der Waals surface area (Å²) in [4.78, 5) is 39.5. The molecule has 4 nitrogen and oxygen atoms in total. The third-order valence-corrected chi connectivity index (χ3v) is 4.22. The van der Waals surface area contributed by atoms with Crippen molar-refractivity contribution in [3.63, 3.8) is 0 Å². The van der Waals surface area contributed by atoms with Crippen LogP contribution in [0.1, 0.15) is 35.7 Å².